The molecule has 116 valence electrons. The lowest BCUT2D eigenvalue weighted by molar-refractivity contribution is 0.0996. The third-order valence-corrected chi connectivity index (χ3v) is 2.54. The van der Waals surface area contributed by atoms with E-state index in [1.807, 2.05) is 0 Å². The van der Waals surface area contributed by atoms with Gasteiger partial charge in [0.15, 0.2) is 6.39 Å². The van der Waals surface area contributed by atoms with Gasteiger partial charge >= 0.3 is 6.09 Å². The number of hydrogen-bond donors (Lipinski definition) is 2. The van der Waals surface area contributed by atoms with Crippen molar-refractivity contribution in [1.29, 1.82) is 0 Å². The van der Waals surface area contributed by atoms with E-state index in [2.05, 4.69) is 15.6 Å². The first-order chi connectivity index (χ1) is 10.7. The number of anilines is 2. The topological polar surface area (TPSA) is 103 Å². The standard InChI is InChI=1S/C14H15N3O5/c1-20-5-6-21-14(19)17-11-4-2-3-10(7-11)16-13(18)12-8-15-9-22-12/h2-4,7-9H,5-6H2,1H3,(H,16,18)(H,17,19). The summed E-state index contributed by atoms with van der Waals surface area (Å²) in [5.41, 5.74) is 0.980. The van der Waals surface area contributed by atoms with Crippen molar-refractivity contribution in [2.75, 3.05) is 31.0 Å². The number of ether oxygens (including phenoxy) is 2. The number of hydrogen-bond acceptors (Lipinski definition) is 6. The molecule has 0 atom stereocenters. The first-order valence-corrected chi connectivity index (χ1v) is 6.41. The van der Waals surface area contributed by atoms with E-state index in [9.17, 15) is 9.59 Å². The van der Waals surface area contributed by atoms with Gasteiger partial charge in [0.25, 0.3) is 5.91 Å². The Morgan fingerprint density at radius 3 is 2.68 bits per heavy atom. The molecule has 0 unspecified atom stereocenters. The van der Waals surface area contributed by atoms with Gasteiger partial charge in [-0.15, -0.1) is 0 Å². The van der Waals surface area contributed by atoms with Crippen LogP contribution in [0.5, 0.6) is 0 Å². The Labute approximate surface area is 126 Å². The summed E-state index contributed by atoms with van der Waals surface area (Å²) in [6.07, 6.45) is 1.88. The molecule has 0 bridgehead atoms. The Morgan fingerprint density at radius 2 is 2.00 bits per heavy atom. The fraction of sp³-hybridized carbons (Fsp3) is 0.214. The molecule has 2 rings (SSSR count). The Hall–Kier alpha value is -2.87. The van der Waals surface area contributed by atoms with Gasteiger partial charge < -0.3 is 19.2 Å². The summed E-state index contributed by atoms with van der Waals surface area (Å²) in [6.45, 7) is 0.477. The molecule has 8 heteroatoms. The Balaban J connectivity index is 1.92. The molecule has 0 aliphatic heterocycles. The minimum atomic E-state index is -0.601. The van der Waals surface area contributed by atoms with Crippen LogP contribution in [0.15, 0.2) is 41.3 Å². The molecule has 0 spiro atoms. The van der Waals surface area contributed by atoms with E-state index in [1.54, 1.807) is 24.3 Å². The molecule has 1 heterocycles. The zero-order valence-electron chi connectivity index (χ0n) is 11.9. The van der Waals surface area contributed by atoms with E-state index >= 15 is 0 Å². The van der Waals surface area contributed by atoms with Gasteiger partial charge in [0, 0.05) is 18.5 Å². The smallest absolute Gasteiger partial charge is 0.411 e. The minimum absolute atomic E-state index is 0.0948. The number of nitrogens with one attached hydrogen (secondary N) is 2. The molecule has 1 aromatic heterocycles. The Kier molecular flexibility index (Phi) is 5.50. The SMILES string of the molecule is COCCOC(=O)Nc1cccc(NC(=O)c2cnco2)c1. The van der Waals surface area contributed by atoms with Crippen LogP contribution in [0.3, 0.4) is 0 Å². The molecule has 2 amide bonds. The number of rotatable bonds is 6. The van der Waals surface area contributed by atoms with Crippen LogP contribution in [0.2, 0.25) is 0 Å². The molecule has 0 aliphatic carbocycles. The number of methoxy groups -OCH3 is 1. The van der Waals surface area contributed by atoms with Crippen molar-refractivity contribution in [3.05, 3.63) is 42.6 Å². The predicted octanol–water partition coefficient (Wildman–Crippen LogP) is 2.12. The highest BCUT2D eigenvalue weighted by molar-refractivity contribution is 6.02. The van der Waals surface area contributed by atoms with Crippen molar-refractivity contribution in [2.45, 2.75) is 0 Å². The highest BCUT2D eigenvalue weighted by Crippen LogP contribution is 2.16. The lowest BCUT2D eigenvalue weighted by Gasteiger charge is -2.08. The van der Waals surface area contributed by atoms with Gasteiger partial charge in [-0.2, -0.15) is 0 Å². The molecular formula is C14H15N3O5. The summed E-state index contributed by atoms with van der Waals surface area (Å²) in [5, 5.41) is 5.17. The van der Waals surface area contributed by atoms with Crippen LogP contribution >= 0.6 is 0 Å². The summed E-state index contributed by atoms with van der Waals surface area (Å²) in [5.74, 6) is -0.338. The average Bonchev–Trinajstić information content (AvgIpc) is 3.02. The molecule has 0 saturated heterocycles. The van der Waals surface area contributed by atoms with Gasteiger partial charge in [-0.3, -0.25) is 10.1 Å². The highest BCUT2D eigenvalue weighted by Gasteiger charge is 2.10. The van der Waals surface area contributed by atoms with Gasteiger partial charge in [-0.25, -0.2) is 9.78 Å². The minimum Gasteiger partial charge on any atom is -0.447 e. The lowest BCUT2D eigenvalue weighted by atomic mass is 10.2. The van der Waals surface area contributed by atoms with Crippen LogP contribution in [0.1, 0.15) is 10.6 Å². The number of benzene rings is 1. The van der Waals surface area contributed by atoms with Crippen LogP contribution < -0.4 is 10.6 Å². The summed E-state index contributed by atoms with van der Waals surface area (Å²) < 4.78 is 14.5. The van der Waals surface area contributed by atoms with Crippen molar-refractivity contribution in [1.82, 2.24) is 4.98 Å². The first-order valence-electron chi connectivity index (χ1n) is 6.41. The van der Waals surface area contributed by atoms with Gasteiger partial charge in [0.05, 0.1) is 12.8 Å². The summed E-state index contributed by atoms with van der Waals surface area (Å²) in [7, 11) is 1.52. The van der Waals surface area contributed by atoms with Crippen molar-refractivity contribution in [3.63, 3.8) is 0 Å². The highest BCUT2D eigenvalue weighted by atomic mass is 16.6. The van der Waals surface area contributed by atoms with Crippen LogP contribution in [-0.2, 0) is 9.47 Å². The van der Waals surface area contributed by atoms with E-state index in [1.165, 1.54) is 19.7 Å². The fourth-order valence-corrected chi connectivity index (χ4v) is 1.57. The van der Waals surface area contributed by atoms with Gasteiger partial charge in [0.2, 0.25) is 5.76 Å². The van der Waals surface area contributed by atoms with E-state index in [4.69, 9.17) is 13.9 Å². The van der Waals surface area contributed by atoms with Crippen molar-refractivity contribution < 1.29 is 23.5 Å². The quantitative estimate of drug-likeness (QED) is 0.792. The number of oxazole rings is 1. The van der Waals surface area contributed by atoms with Gasteiger partial charge in [-0.05, 0) is 18.2 Å². The van der Waals surface area contributed by atoms with Crippen LogP contribution in [0, 0.1) is 0 Å². The maximum atomic E-state index is 11.8. The third-order valence-electron chi connectivity index (χ3n) is 2.54. The van der Waals surface area contributed by atoms with Crippen LogP contribution in [0.4, 0.5) is 16.2 Å². The van der Waals surface area contributed by atoms with E-state index in [0.717, 1.165) is 0 Å². The van der Waals surface area contributed by atoms with E-state index in [0.29, 0.717) is 18.0 Å². The molecule has 0 radical (unpaired) electrons. The maximum Gasteiger partial charge on any atom is 0.411 e. The first kappa shape index (κ1) is 15.5. The zero-order chi connectivity index (χ0) is 15.8. The molecule has 0 aliphatic rings. The summed E-state index contributed by atoms with van der Waals surface area (Å²) in [4.78, 5) is 27.0. The zero-order valence-corrected chi connectivity index (χ0v) is 11.9. The molecule has 2 aromatic rings. The van der Waals surface area contributed by atoms with Crippen molar-refractivity contribution in [2.24, 2.45) is 0 Å². The largest absolute Gasteiger partial charge is 0.447 e. The molecule has 2 N–H and O–H groups in total. The fourth-order valence-electron chi connectivity index (χ4n) is 1.57. The number of nitrogens with zero attached hydrogens (tertiary/aromatic N) is 1. The van der Waals surface area contributed by atoms with Crippen LogP contribution in [-0.4, -0.2) is 37.3 Å². The molecule has 0 fully saturated rings. The predicted molar refractivity (Wildman–Crippen MR) is 77.7 cm³/mol. The molecule has 8 nitrogen and oxygen atoms in total. The monoisotopic (exact) mass is 305 g/mol. The van der Waals surface area contributed by atoms with Crippen molar-refractivity contribution >= 4 is 23.4 Å². The maximum absolute atomic E-state index is 11.8. The number of amides is 2. The van der Waals surface area contributed by atoms with Crippen LogP contribution in [0.25, 0.3) is 0 Å². The number of carbonyl (C=O) groups excluding carboxylic acids is 2. The average molecular weight is 305 g/mol. The summed E-state index contributed by atoms with van der Waals surface area (Å²) >= 11 is 0. The third kappa shape index (κ3) is 4.60. The normalized spacial score (nSPS) is 10.0. The second-order valence-electron chi connectivity index (χ2n) is 4.15. The Morgan fingerprint density at radius 1 is 1.23 bits per heavy atom. The molecule has 0 saturated carbocycles. The Bertz CT molecular complexity index is 627. The summed E-state index contributed by atoms with van der Waals surface area (Å²) in [6, 6.07) is 6.62. The molecule has 22 heavy (non-hydrogen) atoms. The van der Waals surface area contributed by atoms with E-state index in [-0.39, 0.29) is 12.4 Å². The van der Waals surface area contributed by atoms with Gasteiger partial charge in [-0.1, -0.05) is 6.07 Å². The molecular weight excluding hydrogens is 290 g/mol. The van der Waals surface area contributed by atoms with Crippen molar-refractivity contribution in [3.8, 4) is 0 Å². The number of carbonyl (C=O) groups is 2. The second-order valence-corrected chi connectivity index (χ2v) is 4.15. The van der Waals surface area contributed by atoms with E-state index < -0.39 is 12.0 Å². The number of aromatic nitrogens is 1. The van der Waals surface area contributed by atoms with Gasteiger partial charge in [0.1, 0.15) is 6.61 Å². The lowest BCUT2D eigenvalue weighted by Crippen LogP contribution is -2.16. The molecule has 1 aromatic carbocycles. The second kappa shape index (κ2) is 7.79.